The Kier molecular flexibility index (Phi) is 4.71. The van der Waals surface area contributed by atoms with E-state index in [1.165, 1.54) is 5.56 Å². The molecule has 2 aliphatic rings. The zero-order chi connectivity index (χ0) is 14.7. The van der Waals surface area contributed by atoms with Crippen LogP contribution in [0.3, 0.4) is 0 Å². The average molecular weight is 286 g/mol. The highest BCUT2D eigenvalue weighted by Crippen LogP contribution is 2.37. The summed E-state index contributed by atoms with van der Waals surface area (Å²) in [6.45, 7) is 4.57. The number of piperazine rings is 1. The number of hydrogen-bond donors (Lipinski definition) is 0. The van der Waals surface area contributed by atoms with Crippen LogP contribution in [0.5, 0.6) is 0 Å². The maximum absolute atomic E-state index is 11.6. The minimum atomic E-state index is 0.455. The Bertz CT molecular complexity index is 455. The molecule has 1 unspecified atom stereocenters. The lowest BCUT2D eigenvalue weighted by molar-refractivity contribution is -0.121. The van der Waals surface area contributed by atoms with Crippen LogP contribution in [0.1, 0.15) is 37.3 Å². The summed E-state index contributed by atoms with van der Waals surface area (Å²) in [5, 5.41) is 0. The first-order valence-corrected chi connectivity index (χ1v) is 8.23. The highest BCUT2D eigenvalue weighted by Gasteiger charge is 2.32. The molecule has 1 atom stereocenters. The molecule has 0 spiro atoms. The van der Waals surface area contributed by atoms with Crippen molar-refractivity contribution in [3.8, 4) is 0 Å². The van der Waals surface area contributed by atoms with Gasteiger partial charge in [-0.25, -0.2) is 0 Å². The molecule has 1 saturated heterocycles. The topological polar surface area (TPSA) is 23.6 Å². The second-order valence-corrected chi connectivity index (χ2v) is 6.57. The fraction of sp³-hybridized carbons (Fsp3) is 0.611. The van der Waals surface area contributed by atoms with E-state index in [0.29, 0.717) is 17.7 Å². The van der Waals surface area contributed by atoms with Gasteiger partial charge in [0.2, 0.25) is 0 Å². The van der Waals surface area contributed by atoms with Gasteiger partial charge in [0.15, 0.2) is 0 Å². The number of rotatable bonds is 3. The number of benzene rings is 1. The third-order valence-electron chi connectivity index (χ3n) is 5.11. The summed E-state index contributed by atoms with van der Waals surface area (Å²) in [5.41, 5.74) is 1.43. The van der Waals surface area contributed by atoms with Gasteiger partial charge in [-0.05, 0) is 31.4 Å². The Balaban J connectivity index is 1.79. The van der Waals surface area contributed by atoms with Crippen molar-refractivity contribution in [2.24, 2.45) is 5.92 Å². The molecule has 0 N–H and O–H groups in total. The predicted octanol–water partition coefficient (Wildman–Crippen LogP) is 2.73. The predicted molar refractivity (Wildman–Crippen MR) is 85.2 cm³/mol. The van der Waals surface area contributed by atoms with Gasteiger partial charge in [-0.3, -0.25) is 9.69 Å². The van der Waals surface area contributed by atoms with E-state index in [-0.39, 0.29) is 0 Å². The molecule has 1 saturated carbocycles. The van der Waals surface area contributed by atoms with E-state index in [0.717, 1.165) is 51.9 Å². The van der Waals surface area contributed by atoms with Gasteiger partial charge < -0.3 is 4.90 Å². The van der Waals surface area contributed by atoms with E-state index < -0.39 is 0 Å². The summed E-state index contributed by atoms with van der Waals surface area (Å²) in [4.78, 5) is 16.6. The fourth-order valence-corrected chi connectivity index (χ4v) is 3.81. The minimum absolute atomic E-state index is 0.455. The molecule has 3 nitrogen and oxygen atoms in total. The van der Waals surface area contributed by atoms with Crippen LogP contribution < -0.4 is 0 Å². The van der Waals surface area contributed by atoms with E-state index in [1.54, 1.807) is 0 Å². The SMILES string of the molecule is CN1CCN(C(c2ccccc2)C2CCC(=O)CC2)CC1. The molecule has 0 bridgehead atoms. The summed E-state index contributed by atoms with van der Waals surface area (Å²) in [6.07, 6.45) is 3.68. The molecule has 1 aromatic carbocycles. The molecule has 1 aliphatic heterocycles. The Morgan fingerprint density at radius 3 is 2.24 bits per heavy atom. The molecule has 1 aliphatic carbocycles. The van der Waals surface area contributed by atoms with Crippen LogP contribution in [0.2, 0.25) is 0 Å². The van der Waals surface area contributed by atoms with Gasteiger partial charge in [-0.15, -0.1) is 0 Å². The summed E-state index contributed by atoms with van der Waals surface area (Å²) in [5.74, 6) is 1.09. The molecule has 3 heteroatoms. The summed E-state index contributed by atoms with van der Waals surface area (Å²) < 4.78 is 0. The minimum Gasteiger partial charge on any atom is -0.304 e. The van der Waals surface area contributed by atoms with Crippen molar-refractivity contribution in [1.82, 2.24) is 9.80 Å². The number of nitrogens with zero attached hydrogens (tertiary/aromatic N) is 2. The maximum atomic E-state index is 11.6. The number of Topliss-reactive ketones (excluding diaryl/α,β-unsaturated/α-hetero) is 1. The third-order valence-corrected chi connectivity index (χ3v) is 5.11. The first-order valence-electron chi connectivity index (χ1n) is 8.23. The van der Waals surface area contributed by atoms with Gasteiger partial charge in [-0.1, -0.05) is 30.3 Å². The summed E-state index contributed by atoms with van der Waals surface area (Å²) >= 11 is 0. The quantitative estimate of drug-likeness (QED) is 0.853. The van der Waals surface area contributed by atoms with Crippen molar-refractivity contribution in [3.63, 3.8) is 0 Å². The summed E-state index contributed by atoms with van der Waals surface area (Å²) in [6, 6.07) is 11.4. The molecule has 1 heterocycles. The van der Waals surface area contributed by atoms with Gasteiger partial charge in [-0.2, -0.15) is 0 Å². The van der Waals surface area contributed by atoms with E-state index in [9.17, 15) is 4.79 Å². The highest BCUT2D eigenvalue weighted by atomic mass is 16.1. The van der Waals surface area contributed by atoms with E-state index in [1.807, 2.05) is 0 Å². The van der Waals surface area contributed by atoms with Crippen molar-refractivity contribution >= 4 is 5.78 Å². The molecule has 0 aromatic heterocycles. The monoisotopic (exact) mass is 286 g/mol. The Hall–Kier alpha value is -1.19. The lowest BCUT2D eigenvalue weighted by Crippen LogP contribution is -2.48. The van der Waals surface area contributed by atoms with Crippen LogP contribution in [0.25, 0.3) is 0 Å². The van der Waals surface area contributed by atoms with Crippen molar-refractivity contribution in [3.05, 3.63) is 35.9 Å². The Morgan fingerprint density at radius 1 is 1.00 bits per heavy atom. The van der Waals surface area contributed by atoms with Crippen LogP contribution >= 0.6 is 0 Å². The van der Waals surface area contributed by atoms with Gasteiger partial charge in [0, 0.05) is 45.1 Å². The van der Waals surface area contributed by atoms with Crippen LogP contribution in [-0.2, 0) is 4.79 Å². The van der Waals surface area contributed by atoms with Crippen molar-refractivity contribution in [2.45, 2.75) is 31.7 Å². The smallest absolute Gasteiger partial charge is 0.132 e. The molecule has 3 rings (SSSR count). The highest BCUT2D eigenvalue weighted by molar-refractivity contribution is 5.79. The average Bonchev–Trinajstić information content (AvgIpc) is 2.52. The Morgan fingerprint density at radius 2 is 1.62 bits per heavy atom. The summed E-state index contributed by atoms with van der Waals surface area (Å²) in [7, 11) is 2.20. The van der Waals surface area contributed by atoms with E-state index >= 15 is 0 Å². The van der Waals surface area contributed by atoms with Gasteiger partial charge >= 0.3 is 0 Å². The largest absolute Gasteiger partial charge is 0.304 e. The molecule has 2 fully saturated rings. The molecule has 21 heavy (non-hydrogen) atoms. The van der Waals surface area contributed by atoms with Crippen molar-refractivity contribution < 1.29 is 4.79 Å². The second kappa shape index (κ2) is 6.71. The van der Waals surface area contributed by atoms with Crippen LogP contribution in [-0.4, -0.2) is 48.8 Å². The molecule has 0 amide bonds. The van der Waals surface area contributed by atoms with E-state index in [4.69, 9.17) is 0 Å². The molecular weight excluding hydrogens is 260 g/mol. The number of hydrogen-bond acceptors (Lipinski definition) is 3. The maximum Gasteiger partial charge on any atom is 0.132 e. The first-order chi connectivity index (χ1) is 10.2. The second-order valence-electron chi connectivity index (χ2n) is 6.57. The standard InChI is InChI=1S/C18H26N2O/c1-19-11-13-20(14-12-19)18(15-5-3-2-4-6-15)16-7-9-17(21)10-8-16/h2-6,16,18H,7-14H2,1H3. The fourth-order valence-electron chi connectivity index (χ4n) is 3.81. The van der Waals surface area contributed by atoms with Crippen molar-refractivity contribution in [2.75, 3.05) is 33.2 Å². The van der Waals surface area contributed by atoms with Crippen LogP contribution in [0.4, 0.5) is 0 Å². The zero-order valence-electron chi connectivity index (χ0n) is 13.0. The number of likely N-dealkylation sites (N-methyl/N-ethyl adjacent to an activating group) is 1. The number of ketones is 1. The Labute approximate surface area is 127 Å². The van der Waals surface area contributed by atoms with Crippen LogP contribution in [0, 0.1) is 5.92 Å². The van der Waals surface area contributed by atoms with Gasteiger partial charge in [0.1, 0.15) is 5.78 Å². The van der Waals surface area contributed by atoms with E-state index in [2.05, 4.69) is 47.2 Å². The van der Waals surface area contributed by atoms with Gasteiger partial charge in [0.05, 0.1) is 0 Å². The number of carbonyl (C=O) groups is 1. The van der Waals surface area contributed by atoms with Gasteiger partial charge in [0.25, 0.3) is 0 Å². The molecule has 114 valence electrons. The lowest BCUT2D eigenvalue weighted by Gasteiger charge is -2.42. The molecule has 1 aromatic rings. The third kappa shape index (κ3) is 3.53. The van der Waals surface area contributed by atoms with Crippen molar-refractivity contribution in [1.29, 1.82) is 0 Å². The first kappa shape index (κ1) is 14.7. The lowest BCUT2D eigenvalue weighted by atomic mass is 9.79. The molecule has 0 radical (unpaired) electrons. The zero-order valence-corrected chi connectivity index (χ0v) is 13.0. The normalized spacial score (nSPS) is 24.1. The molecular formula is C18H26N2O. The van der Waals surface area contributed by atoms with Crippen LogP contribution in [0.15, 0.2) is 30.3 Å². The number of carbonyl (C=O) groups excluding carboxylic acids is 1.